The molecular formula is C32H52N+. The van der Waals surface area contributed by atoms with Gasteiger partial charge in [0, 0.05) is 17.2 Å². The van der Waals surface area contributed by atoms with E-state index >= 15 is 0 Å². The quantitative estimate of drug-likeness (QED) is 0.140. The lowest BCUT2D eigenvalue weighted by Crippen LogP contribution is -2.34. The van der Waals surface area contributed by atoms with Crippen molar-refractivity contribution in [2.75, 3.05) is 0 Å². The second kappa shape index (κ2) is 18.8. The largest absolute Gasteiger partial charge is 0.200 e. The standard InChI is InChI=1S/C32H52N/c1-3-5-7-9-11-13-15-20-24-31-26-27-33(28-30-22-18-17-19-23-30)29-32(31)25-21-16-14-12-10-8-6-4-2/h17-19,22-23,26-27,29H,3-16,20-21,24-25,28H2,1-2H3/q+1. The summed E-state index contributed by atoms with van der Waals surface area (Å²) in [6, 6.07) is 13.3. The molecule has 0 aliphatic carbocycles. The molecule has 0 spiro atoms. The van der Waals surface area contributed by atoms with E-state index in [0.29, 0.717) is 0 Å². The Hall–Kier alpha value is -1.63. The van der Waals surface area contributed by atoms with Crippen molar-refractivity contribution in [1.29, 1.82) is 0 Å². The monoisotopic (exact) mass is 450 g/mol. The molecule has 0 fully saturated rings. The highest BCUT2D eigenvalue weighted by atomic mass is 14.9. The van der Waals surface area contributed by atoms with Crippen LogP contribution in [0.5, 0.6) is 0 Å². The topological polar surface area (TPSA) is 3.88 Å². The summed E-state index contributed by atoms with van der Waals surface area (Å²) in [4.78, 5) is 0. The number of aryl methyl sites for hydroxylation is 2. The van der Waals surface area contributed by atoms with Gasteiger partial charge in [-0.05, 0) is 31.2 Å². The van der Waals surface area contributed by atoms with Gasteiger partial charge in [-0.2, -0.15) is 0 Å². The minimum absolute atomic E-state index is 0.976. The summed E-state index contributed by atoms with van der Waals surface area (Å²) >= 11 is 0. The zero-order chi connectivity index (χ0) is 23.4. The van der Waals surface area contributed by atoms with Gasteiger partial charge in [0.1, 0.15) is 0 Å². The molecule has 184 valence electrons. The molecule has 0 aliphatic rings. The Labute approximate surface area is 206 Å². The lowest BCUT2D eigenvalue weighted by molar-refractivity contribution is -0.688. The lowest BCUT2D eigenvalue weighted by Gasteiger charge is -2.10. The molecule has 1 heteroatoms. The zero-order valence-corrected chi connectivity index (χ0v) is 22.0. The number of hydrogen-bond acceptors (Lipinski definition) is 0. The smallest absolute Gasteiger partial charge is 0.173 e. The first-order valence-corrected chi connectivity index (χ1v) is 14.4. The molecule has 0 saturated heterocycles. The summed E-state index contributed by atoms with van der Waals surface area (Å²) in [5.41, 5.74) is 4.59. The third-order valence-electron chi connectivity index (χ3n) is 7.01. The van der Waals surface area contributed by atoms with E-state index < -0.39 is 0 Å². The summed E-state index contributed by atoms with van der Waals surface area (Å²) in [6.45, 7) is 5.58. The highest BCUT2D eigenvalue weighted by Gasteiger charge is 2.10. The first-order chi connectivity index (χ1) is 16.3. The molecule has 0 radical (unpaired) electrons. The van der Waals surface area contributed by atoms with E-state index in [1.807, 2.05) is 0 Å². The van der Waals surface area contributed by atoms with Crippen molar-refractivity contribution < 1.29 is 4.57 Å². The van der Waals surface area contributed by atoms with Crippen LogP contribution in [-0.2, 0) is 19.4 Å². The van der Waals surface area contributed by atoms with Crippen LogP contribution in [0.25, 0.3) is 0 Å². The van der Waals surface area contributed by atoms with Gasteiger partial charge in [0.2, 0.25) is 0 Å². The summed E-state index contributed by atoms with van der Waals surface area (Å²) in [5.74, 6) is 0. The molecule has 1 nitrogen and oxygen atoms in total. The van der Waals surface area contributed by atoms with Gasteiger partial charge in [0.25, 0.3) is 0 Å². The molecule has 33 heavy (non-hydrogen) atoms. The Bertz CT molecular complexity index is 706. The third kappa shape index (κ3) is 13.0. The first-order valence-electron chi connectivity index (χ1n) is 14.4. The molecule has 2 aromatic rings. The average Bonchev–Trinajstić information content (AvgIpc) is 2.84. The van der Waals surface area contributed by atoms with E-state index in [0.717, 1.165) is 6.54 Å². The zero-order valence-electron chi connectivity index (χ0n) is 22.0. The van der Waals surface area contributed by atoms with Crippen LogP contribution in [-0.4, -0.2) is 0 Å². The van der Waals surface area contributed by atoms with Gasteiger partial charge in [-0.3, -0.25) is 0 Å². The van der Waals surface area contributed by atoms with Crippen LogP contribution in [0.4, 0.5) is 0 Å². The van der Waals surface area contributed by atoms with Crippen LogP contribution in [0.2, 0.25) is 0 Å². The van der Waals surface area contributed by atoms with Gasteiger partial charge in [-0.1, -0.05) is 134 Å². The molecule has 0 unspecified atom stereocenters. The average molecular weight is 451 g/mol. The van der Waals surface area contributed by atoms with Gasteiger partial charge in [-0.15, -0.1) is 0 Å². The number of benzene rings is 1. The fourth-order valence-corrected chi connectivity index (χ4v) is 4.88. The molecule has 2 rings (SSSR count). The Kier molecular flexibility index (Phi) is 15.7. The highest BCUT2D eigenvalue weighted by Crippen LogP contribution is 2.17. The third-order valence-corrected chi connectivity index (χ3v) is 7.01. The van der Waals surface area contributed by atoms with Crippen LogP contribution in [0, 0.1) is 0 Å². The van der Waals surface area contributed by atoms with Crippen molar-refractivity contribution in [3.63, 3.8) is 0 Å². The molecule has 0 saturated carbocycles. The van der Waals surface area contributed by atoms with Crippen LogP contribution in [0.1, 0.15) is 133 Å². The van der Waals surface area contributed by atoms with Gasteiger partial charge in [0.05, 0.1) is 0 Å². The molecule has 0 amide bonds. The van der Waals surface area contributed by atoms with E-state index in [4.69, 9.17) is 0 Å². The van der Waals surface area contributed by atoms with Crippen molar-refractivity contribution >= 4 is 0 Å². The van der Waals surface area contributed by atoms with E-state index in [1.165, 1.54) is 121 Å². The number of hydrogen-bond donors (Lipinski definition) is 0. The lowest BCUT2D eigenvalue weighted by atomic mass is 9.97. The predicted octanol–water partition coefficient (Wildman–Crippen LogP) is 9.39. The van der Waals surface area contributed by atoms with Crippen molar-refractivity contribution in [2.24, 2.45) is 0 Å². The molecule has 1 aromatic heterocycles. The summed E-state index contributed by atoms with van der Waals surface area (Å²) in [5, 5.41) is 0. The molecule has 0 N–H and O–H groups in total. The number of unbranched alkanes of at least 4 members (excludes halogenated alkanes) is 14. The van der Waals surface area contributed by atoms with Crippen LogP contribution in [0.3, 0.4) is 0 Å². The maximum Gasteiger partial charge on any atom is 0.173 e. The molecule has 1 heterocycles. The highest BCUT2D eigenvalue weighted by molar-refractivity contribution is 5.22. The van der Waals surface area contributed by atoms with Crippen molar-refractivity contribution in [1.82, 2.24) is 0 Å². The second-order valence-corrected chi connectivity index (χ2v) is 10.1. The number of rotatable bonds is 20. The Morgan fingerprint density at radius 1 is 0.515 bits per heavy atom. The molecule has 1 aromatic carbocycles. The SMILES string of the molecule is CCCCCCCCCCc1cc[n+](Cc2ccccc2)cc1CCCCCCCCCC. The fraction of sp³-hybridized carbons (Fsp3) is 0.656. The molecular weight excluding hydrogens is 398 g/mol. The van der Waals surface area contributed by atoms with Crippen molar-refractivity contribution in [2.45, 2.75) is 136 Å². The second-order valence-electron chi connectivity index (χ2n) is 10.1. The van der Waals surface area contributed by atoms with Gasteiger partial charge in [-0.25, -0.2) is 4.57 Å². The summed E-state index contributed by atoms with van der Waals surface area (Å²) in [6.07, 6.45) is 29.6. The maximum atomic E-state index is 2.45. The van der Waals surface area contributed by atoms with Crippen LogP contribution in [0.15, 0.2) is 48.8 Å². The molecule has 0 aliphatic heterocycles. The number of aromatic nitrogens is 1. The van der Waals surface area contributed by atoms with Gasteiger partial charge >= 0.3 is 0 Å². The van der Waals surface area contributed by atoms with E-state index in [2.05, 4.69) is 67.2 Å². The Balaban J connectivity index is 1.81. The summed E-state index contributed by atoms with van der Waals surface area (Å²) < 4.78 is 2.40. The Morgan fingerprint density at radius 3 is 1.55 bits per heavy atom. The first kappa shape index (κ1) is 27.6. The van der Waals surface area contributed by atoms with Crippen LogP contribution >= 0.6 is 0 Å². The van der Waals surface area contributed by atoms with Crippen molar-refractivity contribution in [3.05, 3.63) is 65.5 Å². The Morgan fingerprint density at radius 2 is 1.00 bits per heavy atom. The van der Waals surface area contributed by atoms with E-state index in [-0.39, 0.29) is 0 Å². The van der Waals surface area contributed by atoms with E-state index in [9.17, 15) is 0 Å². The number of nitrogens with zero attached hydrogens (tertiary/aromatic N) is 1. The number of pyridine rings is 1. The normalized spacial score (nSPS) is 11.2. The fourth-order valence-electron chi connectivity index (χ4n) is 4.88. The van der Waals surface area contributed by atoms with Gasteiger partial charge in [0.15, 0.2) is 18.9 Å². The predicted molar refractivity (Wildman–Crippen MR) is 145 cm³/mol. The minimum Gasteiger partial charge on any atom is -0.200 e. The molecule has 0 atom stereocenters. The minimum atomic E-state index is 0.976. The maximum absolute atomic E-state index is 2.45. The molecule has 0 bridgehead atoms. The van der Waals surface area contributed by atoms with Crippen molar-refractivity contribution in [3.8, 4) is 0 Å². The van der Waals surface area contributed by atoms with E-state index in [1.54, 1.807) is 11.1 Å². The van der Waals surface area contributed by atoms with Crippen LogP contribution < -0.4 is 4.57 Å². The van der Waals surface area contributed by atoms with Gasteiger partial charge < -0.3 is 0 Å². The summed E-state index contributed by atoms with van der Waals surface area (Å²) in [7, 11) is 0.